The van der Waals surface area contributed by atoms with Gasteiger partial charge in [0.25, 0.3) is 5.69 Å². The van der Waals surface area contributed by atoms with Crippen molar-refractivity contribution >= 4 is 22.6 Å². The first-order valence-corrected chi connectivity index (χ1v) is 6.08. The Bertz CT molecular complexity index is 706. The van der Waals surface area contributed by atoms with Gasteiger partial charge >= 0.3 is 5.97 Å². The third-order valence-corrected chi connectivity index (χ3v) is 3.05. The average molecular weight is 294 g/mol. The number of ether oxygens (including phenoxy) is 2. The van der Waals surface area contributed by atoms with Crippen LogP contribution in [0.5, 0.6) is 5.75 Å². The van der Waals surface area contributed by atoms with Crippen molar-refractivity contribution in [2.75, 3.05) is 20.3 Å². The second kappa shape index (κ2) is 5.80. The largest absolute Gasteiger partial charge is 0.491 e. The number of nitro groups is 1. The van der Waals surface area contributed by atoms with Crippen LogP contribution in [0.2, 0.25) is 0 Å². The normalized spacial score (nSPS) is 10.8. The van der Waals surface area contributed by atoms with E-state index >= 15 is 0 Å². The maximum atomic E-state index is 11.2. The lowest BCUT2D eigenvalue weighted by Gasteiger charge is -2.06. The molecular weight excluding hydrogens is 280 g/mol. The van der Waals surface area contributed by atoms with Gasteiger partial charge in [0, 0.05) is 19.5 Å². The number of hydrogen-bond acceptors (Lipinski definition) is 5. The molecule has 112 valence electrons. The van der Waals surface area contributed by atoms with E-state index in [4.69, 9.17) is 14.6 Å². The number of hydrogen-bond donors (Lipinski definition) is 1. The molecule has 1 aromatic carbocycles. The van der Waals surface area contributed by atoms with Crippen LogP contribution in [0.1, 0.15) is 10.5 Å². The fraction of sp³-hybridized carbons (Fsp3) is 0.308. The first-order chi connectivity index (χ1) is 9.95. The van der Waals surface area contributed by atoms with Crippen LogP contribution in [0.25, 0.3) is 10.9 Å². The van der Waals surface area contributed by atoms with Crippen LogP contribution >= 0.6 is 0 Å². The van der Waals surface area contributed by atoms with Gasteiger partial charge in [0.05, 0.1) is 17.6 Å². The van der Waals surface area contributed by atoms with Crippen LogP contribution in [0, 0.1) is 10.1 Å². The standard InChI is InChI=1S/C13H14N2O6/c1-14-11(13(16)17)6-8-5-9(21-4-3-20-2)7-10(12(8)14)15(18)19/h5-7H,3-4H2,1-2H3,(H,16,17). The van der Waals surface area contributed by atoms with Crippen LogP contribution in [-0.4, -0.2) is 40.9 Å². The summed E-state index contributed by atoms with van der Waals surface area (Å²) in [6.07, 6.45) is 0. The van der Waals surface area contributed by atoms with E-state index in [0.29, 0.717) is 17.7 Å². The molecule has 1 aromatic heterocycles. The Hall–Kier alpha value is -2.61. The summed E-state index contributed by atoms with van der Waals surface area (Å²) in [5.41, 5.74) is 0.0218. The molecule has 0 amide bonds. The molecule has 0 bridgehead atoms. The van der Waals surface area contributed by atoms with E-state index in [9.17, 15) is 14.9 Å². The molecule has 0 aliphatic heterocycles. The van der Waals surface area contributed by atoms with Crippen molar-refractivity contribution in [2.24, 2.45) is 7.05 Å². The van der Waals surface area contributed by atoms with Crippen molar-refractivity contribution in [3.8, 4) is 5.75 Å². The van der Waals surface area contributed by atoms with Gasteiger partial charge in [-0.05, 0) is 12.1 Å². The Labute approximate surface area is 119 Å². The van der Waals surface area contributed by atoms with Crippen LogP contribution in [-0.2, 0) is 11.8 Å². The van der Waals surface area contributed by atoms with E-state index in [2.05, 4.69) is 0 Å². The molecule has 0 fully saturated rings. The molecule has 0 saturated carbocycles. The number of rotatable bonds is 6. The third-order valence-electron chi connectivity index (χ3n) is 3.05. The molecule has 0 radical (unpaired) electrons. The van der Waals surface area contributed by atoms with Gasteiger partial charge < -0.3 is 19.1 Å². The molecule has 8 nitrogen and oxygen atoms in total. The molecule has 1 N–H and O–H groups in total. The van der Waals surface area contributed by atoms with Crippen LogP contribution in [0.15, 0.2) is 18.2 Å². The summed E-state index contributed by atoms with van der Waals surface area (Å²) in [4.78, 5) is 21.8. The second-order valence-corrected chi connectivity index (χ2v) is 4.37. The van der Waals surface area contributed by atoms with Gasteiger partial charge in [0.15, 0.2) is 0 Å². The van der Waals surface area contributed by atoms with E-state index in [1.54, 1.807) is 6.07 Å². The van der Waals surface area contributed by atoms with Crippen molar-refractivity contribution < 1.29 is 24.3 Å². The Morgan fingerprint density at radius 1 is 1.38 bits per heavy atom. The summed E-state index contributed by atoms with van der Waals surface area (Å²) in [7, 11) is 3.00. The predicted octanol–water partition coefficient (Wildman–Crippen LogP) is 1.81. The zero-order valence-electron chi connectivity index (χ0n) is 11.5. The maximum absolute atomic E-state index is 11.2. The van der Waals surface area contributed by atoms with Gasteiger partial charge in [0.1, 0.15) is 23.6 Å². The molecule has 0 atom stereocenters. The number of carboxylic acid groups (broad SMARTS) is 1. The summed E-state index contributed by atoms with van der Waals surface area (Å²) < 4.78 is 11.5. The lowest BCUT2D eigenvalue weighted by molar-refractivity contribution is -0.383. The average Bonchev–Trinajstić information content (AvgIpc) is 2.76. The van der Waals surface area contributed by atoms with Crippen LogP contribution < -0.4 is 4.74 Å². The highest BCUT2D eigenvalue weighted by Gasteiger charge is 2.22. The number of carbonyl (C=O) groups is 1. The smallest absolute Gasteiger partial charge is 0.352 e. The molecule has 21 heavy (non-hydrogen) atoms. The highest BCUT2D eigenvalue weighted by atomic mass is 16.6. The third kappa shape index (κ3) is 2.79. The number of nitrogens with zero attached hydrogens (tertiary/aromatic N) is 2. The fourth-order valence-corrected chi connectivity index (χ4v) is 2.12. The lowest BCUT2D eigenvalue weighted by atomic mass is 10.2. The first-order valence-electron chi connectivity index (χ1n) is 6.08. The molecule has 0 unspecified atom stereocenters. The van der Waals surface area contributed by atoms with E-state index in [1.165, 1.54) is 30.9 Å². The first kappa shape index (κ1) is 14.8. The SMILES string of the molecule is COCCOc1cc([N+](=O)[O-])c2c(c1)cc(C(=O)O)n2C. The highest BCUT2D eigenvalue weighted by molar-refractivity contribution is 5.98. The van der Waals surface area contributed by atoms with Crippen molar-refractivity contribution in [2.45, 2.75) is 0 Å². The summed E-state index contributed by atoms with van der Waals surface area (Å²) in [6.45, 7) is 0.596. The molecule has 0 saturated heterocycles. The molecule has 0 aliphatic carbocycles. The van der Waals surface area contributed by atoms with Gasteiger partial charge in [-0.2, -0.15) is 0 Å². The van der Waals surface area contributed by atoms with E-state index in [-0.39, 0.29) is 23.5 Å². The minimum absolute atomic E-state index is 0.0258. The summed E-state index contributed by atoms with van der Waals surface area (Å²) in [5.74, 6) is -0.848. The molecule has 8 heteroatoms. The van der Waals surface area contributed by atoms with E-state index in [1.807, 2.05) is 0 Å². The number of nitro benzene ring substituents is 1. The molecule has 2 aromatic rings. The monoisotopic (exact) mass is 294 g/mol. The number of methoxy groups -OCH3 is 1. The number of carboxylic acids is 1. The lowest BCUT2D eigenvalue weighted by Crippen LogP contribution is -2.06. The van der Waals surface area contributed by atoms with Gasteiger partial charge in [-0.25, -0.2) is 4.79 Å². The number of benzene rings is 1. The number of aromatic carboxylic acids is 1. The number of non-ortho nitro benzene ring substituents is 1. The van der Waals surface area contributed by atoms with E-state index in [0.717, 1.165) is 0 Å². The van der Waals surface area contributed by atoms with Crippen molar-refractivity contribution in [3.05, 3.63) is 34.0 Å². The fourth-order valence-electron chi connectivity index (χ4n) is 2.12. The maximum Gasteiger partial charge on any atom is 0.352 e. The zero-order valence-corrected chi connectivity index (χ0v) is 11.5. The Morgan fingerprint density at radius 3 is 2.67 bits per heavy atom. The van der Waals surface area contributed by atoms with E-state index < -0.39 is 10.9 Å². The Kier molecular flexibility index (Phi) is 4.08. The molecular formula is C13H14N2O6. The topological polar surface area (TPSA) is 104 Å². The summed E-state index contributed by atoms with van der Waals surface area (Å²) in [6, 6.07) is 4.24. The highest BCUT2D eigenvalue weighted by Crippen LogP contribution is 2.33. The summed E-state index contributed by atoms with van der Waals surface area (Å²) in [5, 5.41) is 20.7. The van der Waals surface area contributed by atoms with Crippen LogP contribution in [0.3, 0.4) is 0 Å². The van der Waals surface area contributed by atoms with Crippen molar-refractivity contribution in [1.82, 2.24) is 4.57 Å². The molecule has 0 spiro atoms. The van der Waals surface area contributed by atoms with Crippen molar-refractivity contribution in [3.63, 3.8) is 0 Å². The Morgan fingerprint density at radius 2 is 2.10 bits per heavy atom. The number of aryl methyl sites for hydroxylation is 1. The predicted molar refractivity (Wildman–Crippen MR) is 73.9 cm³/mol. The van der Waals surface area contributed by atoms with Crippen LogP contribution in [0.4, 0.5) is 5.69 Å². The minimum Gasteiger partial charge on any atom is -0.491 e. The Balaban J connectivity index is 2.57. The van der Waals surface area contributed by atoms with Gasteiger partial charge in [0.2, 0.25) is 0 Å². The van der Waals surface area contributed by atoms with Crippen molar-refractivity contribution in [1.29, 1.82) is 0 Å². The number of fused-ring (bicyclic) bond motifs is 1. The zero-order chi connectivity index (χ0) is 15.6. The van der Waals surface area contributed by atoms with Gasteiger partial charge in [-0.3, -0.25) is 10.1 Å². The molecule has 2 rings (SSSR count). The molecule has 1 heterocycles. The summed E-state index contributed by atoms with van der Waals surface area (Å²) >= 11 is 0. The molecule has 0 aliphatic rings. The minimum atomic E-state index is -1.15. The van der Waals surface area contributed by atoms with Gasteiger partial charge in [-0.1, -0.05) is 0 Å². The van der Waals surface area contributed by atoms with Gasteiger partial charge in [-0.15, -0.1) is 0 Å². The quantitative estimate of drug-likeness (QED) is 0.495. The second-order valence-electron chi connectivity index (χ2n) is 4.37. The number of aromatic nitrogens is 1.